The van der Waals surface area contributed by atoms with Crippen molar-refractivity contribution in [1.29, 1.82) is 0 Å². The predicted molar refractivity (Wildman–Crippen MR) is 74.8 cm³/mol. The first-order valence-electron chi connectivity index (χ1n) is 6.88. The Hall–Kier alpha value is -0.550. The Balaban J connectivity index is 1.93. The molecule has 1 saturated carbocycles. The normalized spacial score (nSPS) is 26.2. The Kier molecular flexibility index (Phi) is 5.06. The lowest BCUT2D eigenvalue weighted by Gasteiger charge is -2.33. The van der Waals surface area contributed by atoms with Gasteiger partial charge in [-0.15, -0.1) is 10.2 Å². The maximum atomic E-state index is 5.49. The monoisotopic (exact) mass is 269 g/mol. The number of nitrogens with one attached hydrogen (secondary N) is 1. The van der Waals surface area contributed by atoms with Gasteiger partial charge in [-0.1, -0.05) is 19.8 Å². The van der Waals surface area contributed by atoms with Gasteiger partial charge in [-0.05, 0) is 25.5 Å². The number of nitrogens with zero attached hydrogens (tertiary/aromatic N) is 2. The van der Waals surface area contributed by atoms with E-state index in [-0.39, 0.29) is 6.04 Å². The molecule has 1 aliphatic carbocycles. The Labute approximate surface area is 113 Å². The first-order valence-corrected chi connectivity index (χ1v) is 7.93. The lowest BCUT2D eigenvalue weighted by atomic mass is 9.94. The largest absolute Gasteiger partial charge is 0.424 e. The van der Waals surface area contributed by atoms with Crippen LogP contribution in [0.1, 0.15) is 57.4 Å². The summed E-state index contributed by atoms with van der Waals surface area (Å²) < 4.78 is 5.49. The van der Waals surface area contributed by atoms with Gasteiger partial charge in [0.15, 0.2) is 0 Å². The second-order valence-electron chi connectivity index (χ2n) is 4.93. The zero-order chi connectivity index (χ0) is 13.0. The summed E-state index contributed by atoms with van der Waals surface area (Å²) >= 11 is 2.07. The molecule has 0 saturated heterocycles. The molecular formula is C13H23N3OS. The maximum absolute atomic E-state index is 5.49. The predicted octanol–water partition coefficient (Wildman–Crippen LogP) is 3.09. The van der Waals surface area contributed by atoms with Gasteiger partial charge in [0.25, 0.3) is 0 Å². The van der Waals surface area contributed by atoms with E-state index in [4.69, 9.17) is 4.42 Å². The number of aryl methyl sites for hydroxylation is 1. The lowest BCUT2D eigenvalue weighted by molar-refractivity contribution is 0.321. The van der Waals surface area contributed by atoms with Crippen LogP contribution in [0.5, 0.6) is 0 Å². The fraction of sp³-hybridized carbons (Fsp3) is 0.846. The molecule has 4 nitrogen and oxygen atoms in total. The minimum Gasteiger partial charge on any atom is -0.424 e. The van der Waals surface area contributed by atoms with Gasteiger partial charge >= 0.3 is 0 Å². The van der Waals surface area contributed by atoms with Crippen LogP contribution in [0.2, 0.25) is 0 Å². The maximum Gasteiger partial charge on any atom is 0.233 e. The highest BCUT2D eigenvalue weighted by Gasteiger charge is 2.27. The van der Waals surface area contributed by atoms with Crippen molar-refractivity contribution in [3.63, 3.8) is 0 Å². The van der Waals surface area contributed by atoms with Crippen molar-refractivity contribution in [2.24, 2.45) is 0 Å². The molecule has 1 fully saturated rings. The van der Waals surface area contributed by atoms with E-state index in [9.17, 15) is 0 Å². The Bertz CT molecular complexity index is 367. The average molecular weight is 269 g/mol. The van der Waals surface area contributed by atoms with Crippen molar-refractivity contribution in [2.75, 3.05) is 5.75 Å². The fourth-order valence-electron chi connectivity index (χ4n) is 2.58. The summed E-state index contributed by atoms with van der Waals surface area (Å²) in [6.07, 6.45) is 5.28. The van der Waals surface area contributed by atoms with Crippen molar-refractivity contribution in [3.8, 4) is 0 Å². The molecule has 0 bridgehead atoms. The summed E-state index contributed by atoms with van der Waals surface area (Å²) in [6.45, 7) is 6.18. The molecule has 1 N–H and O–H groups in total. The number of aromatic nitrogens is 2. The van der Waals surface area contributed by atoms with Crippen LogP contribution in [-0.2, 0) is 0 Å². The number of rotatable bonds is 5. The van der Waals surface area contributed by atoms with E-state index in [2.05, 4.69) is 41.1 Å². The van der Waals surface area contributed by atoms with Crippen LogP contribution in [-0.4, -0.2) is 27.2 Å². The van der Waals surface area contributed by atoms with Crippen molar-refractivity contribution in [3.05, 3.63) is 11.8 Å². The summed E-state index contributed by atoms with van der Waals surface area (Å²) in [5.74, 6) is 2.54. The van der Waals surface area contributed by atoms with Gasteiger partial charge in [-0.2, -0.15) is 11.8 Å². The molecule has 0 spiro atoms. The van der Waals surface area contributed by atoms with Gasteiger partial charge in [0, 0.05) is 18.2 Å². The Morgan fingerprint density at radius 3 is 2.83 bits per heavy atom. The molecule has 0 unspecified atom stereocenters. The van der Waals surface area contributed by atoms with Crippen LogP contribution in [0.4, 0.5) is 0 Å². The average Bonchev–Trinajstić information content (AvgIpc) is 2.79. The van der Waals surface area contributed by atoms with Crippen molar-refractivity contribution in [1.82, 2.24) is 15.5 Å². The SMILES string of the molecule is CCS[C@@H]1CCCC[C@@H]1N[C@@H](C)c1nnc(C)o1. The van der Waals surface area contributed by atoms with Crippen LogP contribution in [0.15, 0.2) is 4.42 Å². The van der Waals surface area contributed by atoms with Gasteiger partial charge < -0.3 is 9.73 Å². The van der Waals surface area contributed by atoms with Crippen LogP contribution in [0, 0.1) is 6.92 Å². The van der Waals surface area contributed by atoms with Crippen LogP contribution >= 0.6 is 11.8 Å². The van der Waals surface area contributed by atoms with E-state index in [0.29, 0.717) is 17.8 Å². The van der Waals surface area contributed by atoms with Crippen molar-refractivity contribution >= 4 is 11.8 Å². The van der Waals surface area contributed by atoms with Gasteiger partial charge in [0.05, 0.1) is 6.04 Å². The quantitative estimate of drug-likeness (QED) is 0.890. The molecule has 1 aliphatic rings. The molecular weight excluding hydrogens is 246 g/mol. The topological polar surface area (TPSA) is 51.0 Å². The highest BCUT2D eigenvalue weighted by Crippen LogP contribution is 2.30. The van der Waals surface area contributed by atoms with E-state index in [1.165, 1.54) is 31.4 Å². The molecule has 1 aromatic heterocycles. The number of thioether (sulfide) groups is 1. The molecule has 0 aliphatic heterocycles. The number of hydrogen-bond donors (Lipinski definition) is 1. The van der Waals surface area contributed by atoms with Gasteiger partial charge in [0.1, 0.15) is 0 Å². The molecule has 0 amide bonds. The smallest absolute Gasteiger partial charge is 0.233 e. The molecule has 18 heavy (non-hydrogen) atoms. The van der Waals surface area contributed by atoms with Gasteiger partial charge in [-0.25, -0.2) is 0 Å². The third kappa shape index (κ3) is 3.48. The van der Waals surface area contributed by atoms with E-state index in [1.807, 2.05) is 6.92 Å². The summed E-state index contributed by atoms with van der Waals surface area (Å²) in [7, 11) is 0. The highest BCUT2D eigenvalue weighted by atomic mass is 32.2. The summed E-state index contributed by atoms with van der Waals surface area (Å²) in [5.41, 5.74) is 0. The molecule has 0 aromatic carbocycles. The second kappa shape index (κ2) is 6.57. The molecule has 3 atom stereocenters. The third-order valence-corrected chi connectivity index (χ3v) is 4.79. The lowest BCUT2D eigenvalue weighted by Crippen LogP contribution is -2.41. The fourth-order valence-corrected chi connectivity index (χ4v) is 3.79. The first kappa shape index (κ1) is 13.9. The van der Waals surface area contributed by atoms with Gasteiger partial charge in [0.2, 0.25) is 11.8 Å². The zero-order valence-corrected chi connectivity index (χ0v) is 12.3. The van der Waals surface area contributed by atoms with E-state index >= 15 is 0 Å². The van der Waals surface area contributed by atoms with Crippen LogP contribution in [0.3, 0.4) is 0 Å². The molecule has 102 valence electrons. The second-order valence-corrected chi connectivity index (χ2v) is 6.45. The molecule has 1 heterocycles. The highest BCUT2D eigenvalue weighted by molar-refractivity contribution is 7.99. The van der Waals surface area contributed by atoms with E-state index < -0.39 is 0 Å². The Morgan fingerprint density at radius 2 is 2.17 bits per heavy atom. The molecule has 5 heteroatoms. The van der Waals surface area contributed by atoms with Crippen molar-refractivity contribution in [2.45, 2.75) is 63.8 Å². The molecule has 0 radical (unpaired) electrons. The first-order chi connectivity index (χ1) is 8.70. The zero-order valence-electron chi connectivity index (χ0n) is 11.5. The van der Waals surface area contributed by atoms with Gasteiger partial charge in [-0.3, -0.25) is 0 Å². The minimum absolute atomic E-state index is 0.147. The summed E-state index contributed by atoms with van der Waals surface area (Å²) in [5, 5.41) is 12.4. The van der Waals surface area contributed by atoms with E-state index in [1.54, 1.807) is 0 Å². The Morgan fingerprint density at radius 1 is 1.39 bits per heavy atom. The summed E-state index contributed by atoms with van der Waals surface area (Å²) in [6, 6.07) is 0.722. The van der Waals surface area contributed by atoms with Crippen LogP contribution in [0.25, 0.3) is 0 Å². The minimum atomic E-state index is 0.147. The molecule has 1 aromatic rings. The summed E-state index contributed by atoms with van der Waals surface area (Å²) in [4.78, 5) is 0. The van der Waals surface area contributed by atoms with Crippen molar-refractivity contribution < 1.29 is 4.42 Å². The number of hydrogen-bond acceptors (Lipinski definition) is 5. The molecule has 2 rings (SSSR count). The standard InChI is InChI=1S/C13H23N3OS/c1-4-18-12-8-6-5-7-11(12)14-9(2)13-16-15-10(3)17-13/h9,11-12,14H,4-8H2,1-3H3/t9-,11-,12+/m0/s1. The third-order valence-electron chi connectivity index (χ3n) is 3.46. The van der Waals surface area contributed by atoms with E-state index in [0.717, 1.165) is 5.25 Å². The van der Waals surface area contributed by atoms with Crippen LogP contribution < -0.4 is 5.32 Å².